The molecular weight excluding hydrogens is 285 g/mol. The topological polar surface area (TPSA) is 52.8 Å². The Kier molecular flexibility index (Phi) is 3.72. The van der Waals surface area contributed by atoms with Crippen molar-refractivity contribution in [2.75, 3.05) is 7.11 Å². The van der Waals surface area contributed by atoms with Gasteiger partial charge in [0.15, 0.2) is 11.6 Å². The summed E-state index contributed by atoms with van der Waals surface area (Å²) in [5.41, 5.74) is -0.865. The number of methoxy groups -OCH3 is 1. The number of nitrogens with zero attached hydrogens (tertiary/aromatic N) is 4. The zero-order valence-electron chi connectivity index (χ0n) is 9.65. The molecule has 19 heavy (non-hydrogen) atoms. The molecule has 0 radical (unpaired) electrons. The molecule has 0 saturated heterocycles. The van der Waals surface area contributed by atoms with E-state index < -0.39 is 11.7 Å². The Hall–Kier alpha value is -1.67. The van der Waals surface area contributed by atoms with Crippen molar-refractivity contribution < 1.29 is 17.9 Å². The van der Waals surface area contributed by atoms with Gasteiger partial charge in [-0.1, -0.05) is 11.6 Å². The average molecular weight is 293 g/mol. The summed E-state index contributed by atoms with van der Waals surface area (Å²) in [5.74, 6) is 0.400. The molecule has 2 heterocycles. The quantitative estimate of drug-likeness (QED) is 0.816. The number of hydrogen-bond acceptors (Lipinski definition) is 4. The maximum absolute atomic E-state index is 12.5. The predicted molar refractivity (Wildman–Crippen MR) is 59.9 cm³/mol. The Morgan fingerprint density at radius 1 is 1.37 bits per heavy atom. The molecule has 0 unspecified atom stereocenters. The van der Waals surface area contributed by atoms with Crippen molar-refractivity contribution in [1.82, 2.24) is 19.7 Å². The first-order chi connectivity index (χ1) is 8.90. The third-order valence-corrected chi connectivity index (χ3v) is 2.34. The summed E-state index contributed by atoms with van der Waals surface area (Å²) in [6, 6.07) is 1.31. The van der Waals surface area contributed by atoms with E-state index >= 15 is 0 Å². The van der Waals surface area contributed by atoms with Crippen molar-refractivity contribution in [2.45, 2.75) is 12.8 Å². The molecule has 0 amide bonds. The van der Waals surface area contributed by atoms with Gasteiger partial charge in [0, 0.05) is 19.4 Å². The van der Waals surface area contributed by atoms with E-state index in [4.69, 9.17) is 16.3 Å². The number of hydrogen-bond donors (Lipinski definition) is 0. The molecule has 0 bridgehead atoms. The Balaban J connectivity index is 2.38. The van der Waals surface area contributed by atoms with Gasteiger partial charge in [0.1, 0.15) is 11.8 Å². The average Bonchev–Trinajstić information content (AvgIpc) is 2.77. The SMILES string of the molecule is COCc1nc(Cl)cc(-n2cc(C(F)(F)F)cn2)n1. The zero-order chi connectivity index (χ0) is 14.0. The Morgan fingerprint density at radius 2 is 2.11 bits per heavy atom. The van der Waals surface area contributed by atoms with Gasteiger partial charge in [-0.2, -0.15) is 18.3 Å². The van der Waals surface area contributed by atoms with Crippen LogP contribution in [0.2, 0.25) is 5.15 Å². The molecule has 0 saturated carbocycles. The highest BCUT2D eigenvalue weighted by molar-refractivity contribution is 6.29. The van der Waals surface area contributed by atoms with Gasteiger partial charge in [-0.25, -0.2) is 14.6 Å². The molecule has 0 atom stereocenters. The second-order valence-electron chi connectivity index (χ2n) is 3.57. The summed E-state index contributed by atoms with van der Waals surface area (Å²) in [6.45, 7) is 0.0982. The lowest BCUT2D eigenvalue weighted by molar-refractivity contribution is -0.137. The van der Waals surface area contributed by atoms with E-state index in [1.165, 1.54) is 13.2 Å². The van der Waals surface area contributed by atoms with Crippen molar-refractivity contribution in [2.24, 2.45) is 0 Å². The third kappa shape index (κ3) is 3.21. The van der Waals surface area contributed by atoms with Crippen LogP contribution in [-0.2, 0) is 17.5 Å². The van der Waals surface area contributed by atoms with Crippen molar-refractivity contribution >= 4 is 11.6 Å². The lowest BCUT2D eigenvalue weighted by Crippen LogP contribution is -2.05. The number of halogens is 4. The molecular formula is C10H8ClF3N4O. The number of aromatic nitrogens is 4. The maximum atomic E-state index is 12.5. The summed E-state index contributed by atoms with van der Waals surface area (Å²) < 4.78 is 43.2. The van der Waals surface area contributed by atoms with E-state index in [0.29, 0.717) is 6.20 Å². The molecule has 0 fully saturated rings. The van der Waals surface area contributed by atoms with Crippen molar-refractivity contribution in [3.8, 4) is 5.82 Å². The number of alkyl halides is 3. The minimum atomic E-state index is -4.45. The molecule has 0 spiro atoms. The fourth-order valence-corrected chi connectivity index (χ4v) is 1.55. The molecule has 5 nitrogen and oxygen atoms in total. The van der Waals surface area contributed by atoms with E-state index in [-0.39, 0.29) is 23.4 Å². The number of ether oxygens (including phenoxy) is 1. The normalized spacial score (nSPS) is 11.8. The van der Waals surface area contributed by atoms with E-state index in [1.807, 2.05) is 0 Å². The van der Waals surface area contributed by atoms with Crippen LogP contribution in [0.25, 0.3) is 5.82 Å². The maximum Gasteiger partial charge on any atom is 0.419 e. The van der Waals surface area contributed by atoms with Crippen molar-refractivity contribution in [3.05, 3.63) is 35.0 Å². The molecule has 0 aromatic carbocycles. The van der Waals surface area contributed by atoms with Crippen LogP contribution in [0.4, 0.5) is 13.2 Å². The molecule has 9 heteroatoms. The first-order valence-corrected chi connectivity index (χ1v) is 5.42. The van der Waals surface area contributed by atoms with E-state index in [2.05, 4.69) is 15.1 Å². The summed E-state index contributed by atoms with van der Waals surface area (Å²) in [4.78, 5) is 7.87. The van der Waals surface area contributed by atoms with E-state index in [0.717, 1.165) is 10.9 Å². The summed E-state index contributed by atoms with van der Waals surface area (Å²) >= 11 is 5.76. The molecule has 2 rings (SSSR count). The van der Waals surface area contributed by atoms with E-state index in [9.17, 15) is 13.2 Å². The van der Waals surface area contributed by atoms with Crippen LogP contribution >= 0.6 is 11.6 Å². The van der Waals surface area contributed by atoms with Crippen LogP contribution in [0.5, 0.6) is 0 Å². The molecule has 0 aliphatic carbocycles. The summed E-state index contributed by atoms with van der Waals surface area (Å²) in [6.07, 6.45) is -2.91. The molecule has 0 aliphatic heterocycles. The fourth-order valence-electron chi connectivity index (χ4n) is 1.36. The van der Waals surface area contributed by atoms with Crippen molar-refractivity contribution in [1.29, 1.82) is 0 Å². The van der Waals surface area contributed by atoms with Gasteiger partial charge in [0.25, 0.3) is 0 Å². The summed E-state index contributed by atoms with van der Waals surface area (Å²) in [7, 11) is 1.44. The summed E-state index contributed by atoms with van der Waals surface area (Å²) in [5, 5.41) is 3.70. The van der Waals surface area contributed by atoms with Gasteiger partial charge in [0.05, 0.1) is 11.8 Å². The van der Waals surface area contributed by atoms with Crippen molar-refractivity contribution in [3.63, 3.8) is 0 Å². The highest BCUT2D eigenvalue weighted by atomic mass is 35.5. The van der Waals surface area contributed by atoms with Gasteiger partial charge >= 0.3 is 6.18 Å². The highest BCUT2D eigenvalue weighted by Crippen LogP contribution is 2.29. The molecule has 102 valence electrons. The second kappa shape index (κ2) is 5.14. The van der Waals surface area contributed by atoms with Crippen LogP contribution in [0.15, 0.2) is 18.5 Å². The largest absolute Gasteiger partial charge is 0.419 e. The van der Waals surface area contributed by atoms with Gasteiger partial charge in [-0.05, 0) is 0 Å². The first kappa shape index (κ1) is 13.8. The van der Waals surface area contributed by atoms with Crippen LogP contribution in [0.1, 0.15) is 11.4 Å². The second-order valence-corrected chi connectivity index (χ2v) is 3.96. The van der Waals surface area contributed by atoms with Gasteiger partial charge in [-0.3, -0.25) is 0 Å². The molecule has 0 N–H and O–H groups in total. The fraction of sp³-hybridized carbons (Fsp3) is 0.300. The lowest BCUT2D eigenvalue weighted by atomic mass is 10.4. The molecule has 0 aliphatic rings. The molecule has 2 aromatic heterocycles. The zero-order valence-corrected chi connectivity index (χ0v) is 10.4. The lowest BCUT2D eigenvalue weighted by Gasteiger charge is -2.04. The van der Waals surface area contributed by atoms with Gasteiger partial charge < -0.3 is 4.74 Å². The minimum Gasteiger partial charge on any atom is -0.377 e. The third-order valence-electron chi connectivity index (χ3n) is 2.15. The van der Waals surface area contributed by atoms with Gasteiger partial charge in [-0.15, -0.1) is 0 Å². The van der Waals surface area contributed by atoms with Gasteiger partial charge in [0.2, 0.25) is 0 Å². The first-order valence-electron chi connectivity index (χ1n) is 5.05. The standard InChI is InChI=1S/C10H8ClF3N4O/c1-19-5-8-16-7(11)2-9(17-8)18-4-6(3-15-18)10(12,13)14/h2-4H,5H2,1H3. The predicted octanol–water partition coefficient (Wildman–Crippen LogP) is 2.48. The van der Waals surface area contributed by atoms with E-state index in [1.54, 1.807) is 0 Å². The van der Waals surface area contributed by atoms with Crippen LogP contribution in [-0.4, -0.2) is 26.9 Å². The van der Waals surface area contributed by atoms with Crippen LogP contribution in [0, 0.1) is 0 Å². The number of rotatable bonds is 3. The van der Waals surface area contributed by atoms with Crippen LogP contribution < -0.4 is 0 Å². The Labute approximate surface area is 111 Å². The Bertz CT molecular complexity index is 584. The smallest absolute Gasteiger partial charge is 0.377 e. The highest BCUT2D eigenvalue weighted by Gasteiger charge is 2.32. The Morgan fingerprint density at radius 3 is 2.68 bits per heavy atom. The minimum absolute atomic E-state index is 0.0982. The van der Waals surface area contributed by atoms with Crippen LogP contribution in [0.3, 0.4) is 0 Å². The monoisotopic (exact) mass is 292 g/mol. The molecule has 2 aromatic rings.